The van der Waals surface area contributed by atoms with E-state index in [-0.39, 0.29) is 18.4 Å². The summed E-state index contributed by atoms with van der Waals surface area (Å²) in [6.45, 7) is -0.120. The van der Waals surface area contributed by atoms with Crippen molar-refractivity contribution in [3.05, 3.63) is 75.5 Å². The van der Waals surface area contributed by atoms with Gasteiger partial charge in [0, 0.05) is 24.5 Å². The van der Waals surface area contributed by atoms with E-state index in [2.05, 4.69) is 15.6 Å². The van der Waals surface area contributed by atoms with Crippen LogP contribution in [0, 0.1) is 0 Å². The number of aromatic nitrogens is 2. The van der Waals surface area contributed by atoms with Crippen LogP contribution in [-0.2, 0) is 11.8 Å². The molecule has 0 spiro atoms. The van der Waals surface area contributed by atoms with Gasteiger partial charge >= 0.3 is 0 Å². The van der Waals surface area contributed by atoms with Crippen molar-refractivity contribution < 1.29 is 9.59 Å². The largest absolute Gasteiger partial charge is 0.342 e. The predicted octanol–water partition coefficient (Wildman–Crippen LogP) is 2.77. The fraction of sp³-hybridized carbons (Fsp3) is 0.167. The first-order valence-corrected chi connectivity index (χ1v) is 9.14. The number of carbonyl (C=O) groups is 2. The molecule has 0 bridgehead atoms. The zero-order valence-electron chi connectivity index (χ0n) is 14.0. The zero-order valence-corrected chi connectivity index (χ0v) is 15.6. The van der Waals surface area contributed by atoms with Crippen LogP contribution >= 0.6 is 22.9 Å². The molecule has 0 saturated carbocycles. The number of imidazole rings is 1. The minimum Gasteiger partial charge on any atom is -0.342 e. The second-order valence-corrected chi connectivity index (χ2v) is 6.99. The third-order valence-corrected chi connectivity index (χ3v) is 4.90. The van der Waals surface area contributed by atoms with Crippen LogP contribution < -0.4 is 10.6 Å². The maximum atomic E-state index is 12.4. The molecule has 1 atom stereocenters. The molecule has 2 N–H and O–H groups in total. The smallest absolute Gasteiger partial charge is 0.261 e. The summed E-state index contributed by atoms with van der Waals surface area (Å²) >= 11 is 7.28. The van der Waals surface area contributed by atoms with E-state index in [4.69, 9.17) is 11.6 Å². The summed E-state index contributed by atoms with van der Waals surface area (Å²) in [5, 5.41) is 7.97. The molecule has 134 valence electrons. The molecule has 0 aliphatic carbocycles. The molecule has 26 heavy (non-hydrogen) atoms. The molecule has 0 aliphatic rings. The summed E-state index contributed by atoms with van der Waals surface area (Å²) in [4.78, 5) is 29.3. The Morgan fingerprint density at radius 2 is 2.04 bits per heavy atom. The van der Waals surface area contributed by atoms with E-state index >= 15 is 0 Å². The van der Waals surface area contributed by atoms with Crippen LogP contribution in [-0.4, -0.2) is 27.9 Å². The van der Waals surface area contributed by atoms with Gasteiger partial charge in [-0.2, -0.15) is 0 Å². The quantitative estimate of drug-likeness (QED) is 0.681. The second kappa shape index (κ2) is 8.16. The molecule has 8 heteroatoms. The number of amides is 2. The minimum absolute atomic E-state index is 0.120. The van der Waals surface area contributed by atoms with Crippen LogP contribution in [0.25, 0.3) is 0 Å². The number of thiophene rings is 1. The van der Waals surface area contributed by atoms with E-state index in [9.17, 15) is 9.59 Å². The standard InChI is InChI=1S/C18H17ClN4O2S/c1-23-9-8-20-17(23)16(12-4-6-13(19)7-5-12)22-15(24)11-21-18(25)14-3-2-10-26-14/h2-10,16H,11H2,1H3,(H,21,25)(H,22,24)/t16-/m0/s1. The third kappa shape index (κ3) is 4.30. The molecule has 0 unspecified atom stereocenters. The lowest BCUT2D eigenvalue weighted by atomic mass is 10.1. The molecule has 1 aromatic carbocycles. The molecule has 2 aromatic heterocycles. The van der Waals surface area contributed by atoms with Gasteiger partial charge in [0.05, 0.1) is 11.4 Å². The van der Waals surface area contributed by atoms with Crippen molar-refractivity contribution in [2.45, 2.75) is 6.04 Å². The van der Waals surface area contributed by atoms with Crippen LogP contribution in [0.5, 0.6) is 0 Å². The lowest BCUT2D eigenvalue weighted by molar-refractivity contribution is -0.120. The Labute approximate surface area is 159 Å². The maximum absolute atomic E-state index is 12.4. The van der Waals surface area contributed by atoms with Gasteiger partial charge in [0.15, 0.2) is 0 Å². The Bertz CT molecular complexity index is 890. The molecular formula is C18H17ClN4O2S. The lowest BCUT2D eigenvalue weighted by Crippen LogP contribution is -2.39. The Balaban J connectivity index is 1.71. The van der Waals surface area contributed by atoms with Crippen molar-refractivity contribution in [3.63, 3.8) is 0 Å². The average molecular weight is 389 g/mol. The van der Waals surface area contributed by atoms with Crippen molar-refractivity contribution >= 4 is 34.8 Å². The first kappa shape index (κ1) is 18.2. The van der Waals surface area contributed by atoms with Crippen LogP contribution in [0.15, 0.2) is 54.2 Å². The maximum Gasteiger partial charge on any atom is 0.261 e. The topological polar surface area (TPSA) is 76.0 Å². The molecular weight excluding hydrogens is 372 g/mol. The first-order chi connectivity index (χ1) is 12.5. The predicted molar refractivity (Wildman–Crippen MR) is 101 cm³/mol. The van der Waals surface area contributed by atoms with Crippen molar-refractivity contribution in [3.8, 4) is 0 Å². The minimum atomic E-state index is -0.446. The molecule has 0 aliphatic heterocycles. The van der Waals surface area contributed by atoms with Crippen LogP contribution in [0.4, 0.5) is 0 Å². The fourth-order valence-corrected chi connectivity index (χ4v) is 3.24. The van der Waals surface area contributed by atoms with E-state index in [0.717, 1.165) is 5.56 Å². The molecule has 6 nitrogen and oxygen atoms in total. The van der Waals surface area contributed by atoms with E-state index in [1.165, 1.54) is 11.3 Å². The van der Waals surface area contributed by atoms with Gasteiger partial charge in [-0.25, -0.2) is 4.98 Å². The molecule has 3 rings (SSSR count). The summed E-state index contributed by atoms with van der Waals surface area (Å²) < 4.78 is 1.84. The Kier molecular flexibility index (Phi) is 5.70. The van der Waals surface area contributed by atoms with Gasteiger partial charge in [0.25, 0.3) is 5.91 Å². The number of nitrogens with one attached hydrogen (secondary N) is 2. The number of hydrogen-bond acceptors (Lipinski definition) is 4. The van der Waals surface area contributed by atoms with Crippen LogP contribution in [0.3, 0.4) is 0 Å². The van der Waals surface area contributed by atoms with Gasteiger partial charge in [-0.3, -0.25) is 9.59 Å². The average Bonchev–Trinajstić information content (AvgIpc) is 3.30. The highest BCUT2D eigenvalue weighted by molar-refractivity contribution is 7.12. The highest BCUT2D eigenvalue weighted by Crippen LogP contribution is 2.22. The van der Waals surface area contributed by atoms with E-state index in [1.54, 1.807) is 30.5 Å². The number of carbonyl (C=O) groups excluding carboxylic acids is 2. The number of hydrogen-bond donors (Lipinski definition) is 2. The number of nitrogens with zero attached hydrogens (tertiary/aromatic N) is 2. The summed E-state index contributed by atoms with van der Waals surface area (Å²) in [7, 11) is 1.86. The number of benzene rings is 1. The monoisotopic (exact) mass is 388 g/mol. The number of aryl methyl sites for hydroxylation is 1. The fourth-order valence-electron chi connectivity index (χ4n) is 2.47. The SMILES string of the molecule is Cn1ccnc1[C@@H](NC(=O)CNC(=O)c1cccs1)c1ccc(Cl)cc1. The first-order valence-electron chi connectivity index (χ1n) is 7.88. The summed E-state index contributed by atoms with van der Waals surface area (Å²) in [5.41, 5.74) is 0.849. The van der Waals surface area contributed by atoms with Crippen molar-refractivity contribution in [2.24, 2.45) is 7.05 Å². The summed E-state index contributed by atoms with van der Waals surface area (Å²) in [5.74, 6) is 0.110. The Hall–Kier alpha value is -2.64. The second-order valence-electron chi connectivity index (χ2n) is 5.61. The van der Waals surface area contributed by atoms with Crippen molar-refractivity contribution in [1.29, 1.82) is 0 Å². The Morgan fingerprint density at radius 1 is 1.27 bits per heavy atom. The normalized spacial score (nSPS) is 11.8. The van der Waals surface area contributed by atoms with Crippen LogP contribution in [0.2, 0.25) is 5.02 Å². The molecule has 0 saturated heterocycles. The molecule has 3 aromatic rings. The number of halogens is 1. The number of rotatable bonds is 6. The van der Waals surface area contributed by atoms with Gasteiger partial charge in [0.1, 0.15) is 11.9 Å². The van der Waals surface area contributed by atoms with Gasteiger partial charge in [0.2, 0.25) is 5.91 Å². The molecule has 0 radical (unpaired) electrons. The van der Waals surface area contributed by atoms with E-state index < -0.39 is 6.04 Å². The lowest BCUT2D eigenvalue weighted by Gasteiger charge is -2.19. The van der Waals surface area contributed by atoms with Gasteiger partial charge in [-0.05, 0) is 29.1 Å². The zero-order chi connectivity index (χ0) is 18.5. The van der Waals surface area contributed by atoms with Gasteiger partial charge in [-0.1, -0.05) is 29.8 Å². The Morgan fingerprint density at radius 3 is 2.65 bits per heavy atom. The van der Waals surface area contributed by atoms with E-state index in [1.807, 2.05) is 35.3 Å². The summed E-state index contributed by atoms with van der Waals surface area (Å²) in [6, 6.07) is 10.3. The molecule has 2 amide bonds. The van der Waals surface area contributed by atoms with Gasteiger partial charge in [-0.15, -0.1) is 11.3 Å². The molecule has 0 fully saturated rings. The van der Waals surface area contributed by atoms with Crippen LogP contribution in [0.1, 0.15) is 27.1 Å². The highest BCUT2D eigenvalue weighted by Gasteiger charge is 2.21. The van der Waals surface area contributed by atoms with E-state index in [0.29, 0.717) is 15.7 Å². The molecule has 2 heterocycles. The highest BCUT2D eigenvalue weighted by atomic mass is 35.5. The van der Waals surface area contributed by atoms with Crippen molar-refractivity contribution in [2.75, 3.05) is 6.54 Å². The third-order valence-electron chi connectivity index (χ3n) is 3.78. The van der Waals surface area contributed by atoms with Gasteiger partial charge < -0.3 is 15.2 Å². The van der Waals surface area contributed by atoms with Crippen molar-refractivity contribution in [1.82, 2.24) is 20.2 Å². The summed E-state index contributed by atoms with van der Waals surface area (Å²) in [6.07, 6.45) is 3.48.